The zero-order valence-electron chi connectivity index (χ0n) is 15.7. The summed E-state index contributed by atoms with van der Waals surface area (Å²) in [5, 5.41) is 2.98. The van der Waals surface area contributed by atoms with Gasteiger partial charge in [-0.2, -0.15) is 0 Å². The monoisotopic (exact) mass is 384 g/mol. The van der Waals surface area contributed by atoms with E-state index in [0.717, 1.165) is 35.0 Å². The lowest BCUT2D eigenvalue weighted by molar-refractivity contribution is -0.136. The fourth-order valence-electron chi connectivity index (χ4n) is 3.88. The Morgan fingerprint density at radius 2 is 1.96 bits per heavy atom. The highest BCUT2D eigenvalue weighted by Crippen LogP contribution is 2.30. The molecule has 27 heavy (non-hydrogen) atoms. The Kier molecular flexibility index (Phi) is 4.86. The van der Waals surface area contributed by atoms with Crippen LogP contribution in [-0.2, 0) is 9.59 Å². The average Bonchev–Trinajstić information content (AvgIpc) is 3.34. The van der Waals surface area contributed by atoms with Crippen LogP contribution in [0.2, 0.25) is 0 Å². The zero-order chi connectivity index (χ0) is 19.0. The van der Waals surface area contributed by atoms with E-state index < -0.39 is 0 Å². The predicted octanol–water partition coefficient (Wildman–Crippen LogP) is 2.46. The van der Waals surface area contributed by atoms with Gasteiger partial charge in [-0.15, -0.1) is 11.3 Å². The van der Waals surface area contributed by atoms with Gasteiger partial charge in [0.1, 0.15) is 0 Å². The second kappa shape index (κ2) is 7.31. The van der Waals surface area contributed by atoms with E-state index in [1.165, 1.54) is 0 Å². The van der Waals surface area contributed by atoms with Crippen LogP contribution in [0, 0.1) is 19.8 Å². The minimum Gasteiger partial charge on any atom is -0.345 e. The van der Waals surface area contributed by atoms with Gasteiger partial charge in [0.15, 0.2) is 5.13 Å². The molecule has 142 valence electrons. The number of hydrogen-bond donors (Lipinski definition) is 0. The predicted molar refractivity (Wildman–Crippen MR) is 107 cm³/mol. The molecule has 1 aromatic carbocycles. The number of benzene rings is 1. The number of amides is 2. The van der Waals surface area contributed by atoms with E-state index in [1.54, 1.807) is 16.2 Å². The van der Waals surface area contributed by atoms with Gasteiger partial charge >= 0.3 is 0 Å². The minimum absolute atomic E-state index is 0.0449. The molecule has 2 fully saturated rings. The van der Waals surface area contributed by atoms with Crippen molar-refractivity contribution in [3.63, 3.8) is 0 Å². The Morgan fingerprint density at radius 3 is 2.67 bits per heavy atom. The smallest absolute Gasteiger partial charge is 0.228 e. The third-order valence-electron chi connectivity index (χ3n) is 5.62. The van der Waals surface area contributed by atoms with E-state index in [1.807, 2.05) is 48.5 Å². The van der Waals surface area contributed by atoms with Gasteiger partial charge in [-0.25, -0.2) is 4.98 Å². The highest BCUT2D eigenvalue weighted by atomic mass is 32.1. The van der Waals surface area contributed by atoms with Crippen molar-refractivity contribution in [2.75, 3.05) is 42.5 Å². The summed E-state index contributed by atoms with van der Waals surface area (Å²) in [4.78, 5) is 35.8. The SMILES string of the molecule is Cc1cccc(N2C[C@@H](C(=O)N3CCN(c4nccs4)CC3)CC2=O)c1C. The number of carbonyl (C=O) groups is 2. The maximum absolute atomic E-state index is 13.0. The first kappa shape index (κ1) is 18.0. The molecule has 6 nitrogen and oxygen atoms in total. The van der Waals surface area contributed by atoms with Gasteiger partial charge in [-0.3, -0.25) is 9.59 Å². The van der Waals surface area contributed by atoms with Gasteiger partial charge < -0.3 is 14.7 Å². The van der Waals surface area contributed by atoms with Crippen LogP contribution >= 0.6 is 11.3 Å². The lowest BCUT2D eigenvalue weighted by Crippen LogP contribution is -2.50. The first-order valence-electron chi connectivity index (χ1n) is 9.34. The van der Waals surface area contributed by atoms with Gasteiger partial charge in [0, 0.05) is 56.4 Å². The van der Waals surface area contributed by atoms with E-state index in [-0.39, 0.29) is 17.7 Å². The third kappa shape index (κ3) is 3.43. The van der Waals surface area contributed by atoms with Crippen LogP contribution in [0.5, 0.6) is 0 Å². The molecule has 0 aliphatic carbocycles. The molecule has 0 spiro atoms. The standard InChI is InChI=1S/C20H24N4O2S/c1-14-4-3-5-17(15(14)2)24-13-16(12-18(24)25)19(26)22-7-9-23(10-8-22)20-21-6-11-27-20/h3-6,11,16H,7-10,12-13H2,1-2H3/t16-/m0/s1. The molecular formula is C20H24N4O2S. The minimum atomic E-state index is -0.246. The quantitative estimate of drug-likeness (QED) is 0.816. The molecule has 2 saturated heterocycles. The summed E-state index contributed by atoms with van der Waals surface area (Å²) in [7, 11) is 0. The maximum atomic E-state index is 13.0. The molecule has 3 heterocycles. The summed E-state index contributed by atoms with van der Waals surface area (Å²) >= 11 is 1.63. The topological polar surface area (TPSA) is 56.8 Å². The molecule has 1 atom stereocenters. The Balaban J connectivity index is 1.40. The highest BCUT2D eigenvalue weighted by Gasteiger charge is 2.38. The van der Waals surface area contributed by atoms with Crippen molar-refractivity contribution in [1.82, 2.24) is 9.88 Å². The van der Waals surface area contributed by atoms with E-state index in [0.29, 0.717) is 26.1 Å². The summed E-state index contributed by atoms with van der Waals surface area (Å²) in [6.07, 6.45) is 2.11. The van der Waals surface area contributed by atoms with Crippen LogP contribution in [0.15, 0.2) is 29.8 Å². The molecule has 0 N–H and O–H groups in total. The van der Waals surface area contributed by atoms with Crippen LogP contribution in [0.4, 0.5) is 10.8 Å². The number of thiazole rings is 1. The maximum Gasteiger partial charge on any atom is 0.228 e. The normalized spacial score (nSPS) is 20.4. The summed E-state index contributed by atoms with van der Waals surface area (Å²) < 4.78 is 0. The number of piperazine rings is 1. The van der Waals surface area contributed by atoms with E-state index in [4.69, 9.17) is 0 Å². The Morgan fingerprint density at radius 1 is 1.19 bits per heavy atom. The summed E-state index contributed by atoms with van der Waals surface area (Å²) in [6.45, 7) is 7.52. The Bertz CT molecular complexity index is 844. The largest absolute Gasteiger partial charge is 0.345 e. The first-order valence-corrected chi connectivity index (χ1v) is 10.2. The number of aromatic nitrogens is 1. The van der Waals surface area contributed by atoms with Crippen LogP contribution < -0.4 is 9.80 Å². The third-order valence-corrected chi connectivity index (χ3v) is 6.45. The van der Waals surface area contributed by atoms with Crippen molar-refractivity contribution in [3.05, 3.63) is 40.9 Å². The van der Waals surface area contributed by atoms with Crippen LogP contribution in [-0.4, -0.2) is 54.4 Å². The van der Waals surface area contributed by atoms with Crippen molar-refractivity contribution in [1.29, 1.82) is 0 Å². The fraction of sp³-hybridized carbons (Fsp3) is 0.450. The fourth-order valence-corrected chi connectivity index (χ4v) is 4.58. The Hall–Kier alpha value is -2.41. The van der Waals surface area contributed by atoms with Gasteiger partial charge in [0.25, 0.3) is 0 Å². The molecule has 7 heteroatoms. The molecule has 4 rings (SSSR count). The molecule has 0 saturated carbocycles. The second-order valence-electron chi connectivity index (χ2n) is 7.25. The molecule has 0 unspecified atom stereocenters. The zero-order valence-corrected chi connectivity index (χ0v) is 16.5. The highest BCUT2D eigenvalue weighted by molar-refractivity contribution is 7.13. The summed E-state index contributed by atoms with van der Waals surface area (Å²) in [5.74, 6) is -0.0951. The molecule has 0 bridgehead atoms. The van der Waals surface area contributed by atoms with Crippen LogP contribution in [0.1, 0.15) is 17.5 Å². The van der Waals surface area contributed by atoms with Crippen LogP contribution in [0.25, 0.3) is 0 Å². The van der Waals surface area contributed by atoms with Gasteiger partial charge in [-0.1, -0.05) is 12.1 Å². The summed E-state index contributed by atoms with van der Waals surface area (Å²) in [5.41, 5.74) is 3.20. The van der Waals surface area contributed by atoms with Gasteiger partial charge in [0.05, 0.1) is 5.92 Å². The lowest BCUT2D eigenvalue weighted by atomic mass is 10.1. The second-order valence-corrected chi connectivity index (χ2v) is 8.12. The van der Waals surface area contributed by atoms with E-state index >= 15 is 0 Å². The molecule has 2 aliphatic heterocycles. The average molecular weight is 385 g/mol. The van der Waals surface area contributed by atoms with E-state index in [2.05, 4.69) is 9.88 Å². The number of rotatable bonds is 3. The molecule has 2 aliphatic rings. The summed E-state index contributed by atoms with van der Waals surface area (Å²) in [6, 6.07) is 5.99. The number of anilines is 2. The number of carbonyl (C=O) groups excluding carboxylic acids is 2. The van der Waals surface area contributed by atoms with E-state index in [9.17, 15) is 9.59 Å². The Labute approximate surface area is 163 Å². The molecule has 2 amide bonds. The van der Waals surface area contributed by atoms with Crippen LogP contribution in [0.3, 0.4) is 0 Å². The van der Waals surface area contributed by atoms with Crippen molar-refractivity contribution in [2.24, 2.45) is 5.92 Å². The molecular weight excluding hydrogens is 360 g/mol. The van der Waals surface area contributed by atoms with Crippen molar-refractivity contribution < 1.29 is 9.59 Å². The van der Waals surface area contributed by atoms with Gasteiger partial charge in [-0.05, 0) is 31.0 Å². The molecule has 0 radical (unpaired) electrons. The number of nitrogens with zero attached hydrogens (tertiary/aromatic N) is 4. The van der Waals surface area contributed by atoms with Crippen molar-refractivity contribution in [2.45, 2.75) is 20.3 Å². The van der Waals surface area contributed by atoms with Gasteiger partial charge in [0.2, 0.25) is 11.8 Å². The lowest BCUT2D eigenvalue weighted by Gasteiger charge is -2.35. The van der Waals surface area contributed by atoms with Crippen molar-refractivity contribution in [3.8, 4) is 0 Å². The molecule has 2 aromatic rings. The number of hydrogen-bond acceptors (Lipinski definition) is 5. The first-order chi connectivity index (χ1) is 13.0. The number of aryl methyl sites for hydroxylation is 1. The molecule has 1 aromatic heterocycles. The van der Waals surface area contributed by atoms with Crippen molar-refractivity contribution >= 4 is 34.0 Å².